The topological polar surface area (TPSA) is 96.5 Å². The minimum Gasteiger partial charge on any atom is -0.506 e. The maximum atomic E-state index is 10.8. The molecule has 0 aliphatic carbocycles. The van der Waals surface area contributed by atoms with E-state index in [0.29, 0.717) is 22.2 Å². The first-order valence-corrected chi connectivity index (χ1v) is 5.44. The summed E-state index contributed by atoms with van der Waals surface area (Å²) in [6, 6.07) is 7.96. The first kappa shape index (κ1) is 11.2. The fraction of sp³-hybridized carbons (Fsp3) is 0. The molecule has 6 nitrogen and oxygen atoms in total. The molecular weight excluding hydrogens is 248 g/mol. The quantitative estimate of drug-likeness (QED) is 0.730. The molecule has 2 aromatic heterocycles. The highest BCUT2D eigenvalue weighted by Crippen LogP contribution is 2.32. The average molecular weight is 256 g/mol. The van der Waals surface area contributed by atoms with Gasteiger partial charge in [0.15, 0.2) is 0 Å². The number of fused-ring (bicyclic) bond motifs is 1. The van der Waals surface area contributed by atoms with Crippen molar-refractivity contribution < 1.29 is 19.5 Å². The number of hydrogen-bond donors (Lipinski definition) is 2. The highest BCUT2D eigenvalue weighted by atomic mass is 16.5. The van der Waals surface area contributed by atoms with Crippen molar-refractivity contribution in [3.8, 4) is 17.0 Å². The van der Waals surface area contributed by atoms with E-state index in [-0.39, 0.29) is 11.5 Å². The molecule has 0 saturated carbocycles. The van der Waals surface area contributed by atoms with Gasteiger partial charge in [0.2, 0.25) is 5.76 Å². The number of hydrogen-bond acceptors (Lipinski definition) is 5. The number of aromatic carboxylic acids is 1. The fourth-order valence-electron chi connectivity index (χ4n) is 1.88. The summed E-state index contributed by atoms with van der Waals surface area (Å²) in [5.41, 5.74) is 1.47. The van der Waals surface area contributed by atoms with Crippen LogP contribution in [0.1, 0.15) is 10.6 Å². The van der Waals surface area contributed by atoms with Crippen LogP contribution in [0.2, 0.25) is 0 Å². The molecule has 19 heavy (non-hydrogen) atoms. The van der Waals surface area contributed by atoms with E-state index < -0.39 is 5.97 Å². The molecule has 0 spiro atoms. The zero-order valence-corrected chi connectivity index (χ0v) is 9.57. The molecule has 0 amide bonds. The minimum absolute atomic E-state index is 0.0568. The van der Waals surface area contributed by atoms with Crippen molar-refractivity contribution in [2.75, 3.05) is 0 Å². The van der Waals surface area contributed by atoms with E-state index in [1.807, 2.05) is 0 Å². The average Bonchev–Trinajstić information content (AvgIpc) is 2.89. The smallest absolute Gasteiger partial charge is 0.374 e. The SMILES string of the molecule is O=C(O)c1cc(-c2ccc(O)c3ncccc23)no1. The maximum Gasteiger partial charge on any atom is 0.374 e. The number of benzene rings is 1. The van der Waals surface area contributed by atoms with E-state index in [4.69, 9.17) is 9.63 Å². The second kappa shape index (κ2) is 4.09. The summed E-state index contributed by atoms with van der Waals surface area (Å²) < 4.78 is 4.73. The predicted octanol–water partition coefficient (Wildman–Crippen LogP) is 2.29. The lowest BCUT2D eigenvalue weighted by Gasteiger charge is -2.04. The van der Waals surface area contributed by atoms with Crippen LogP contribution in [0, 0.1) is 0 Å². The summed E-state index contributed by atoms with van der Waals surface area (Å²) in [6.45, 7) is 0. The lowest BCUT2D eigenvalue weighted by Crippen LogP contribution is -1.91. The van der Waals surface area contributed by atoms with Gasteiger partial charge in [-0.15, -0.1) is 0 Å². The van der Waals surface area contributed by atoms with Crippen LogP contribution in [0.3, 0.4) is 0 Å². The molecule has 94 valence electrons. The third kappa shape index (κ3) is 1.79. The fourth-order valence-corrected chi connectivity index (χ4v) is 1.88. The third-order valence-electron chi connectivity index (χ3n) is 2.75. The van der Waals surface area contributed by atoms with E-state index >= 15 is 0 Å². The van der Waals surface area contributed by atoms with Gasteiger partial charge in [-0.25, -0.2) is 4.79 Å². The number of rotatable bonds is 2. The van der Waals surface area contributed by atoms with Gasteiger partial charge in [0.25, 0.3) is 0 Å². The van der Waals surface area contributed by atoms with Gasteiger partial charge in [-0.3, -0.25) is 4.98 Å². The number of carboxylic acid groups (broad SMARTS) is 1. The van der Waals surface area contributed by atoms with Crippen LogP contribution >= 0.6 is 0 Å². The van der Waals surface area contributed by atoms with Crippen molar-refractivity contribution >= 4 is 16.9 Å². The van der Waals surface area contributed by atoms with Crippen molar-refractivity contribution in [3.05, 3.63) is 42.3 Å². The second-order valence-electron chi connectivity index (χ2n) is 3.91. The number of carbonyl (C=O) groups is 1. The number of pyridine rings is 1. The van der Waals surface area contributed by atoms with Crippen LogP contribution in [0.5, 0.6) is 5.75 Å². The van der Waals surface area contributed by atoms with Gasteiger partial charge in [0, 0.05) is 23.2 Å². The van der Waals surface area contributed by atoms with E-state index in [1.54, 1.807) is 24.4 Å². The Morgan fingerprint density at radius 1 is 1.26 bits per heavy atom. The van der Waals surface area contributed by atoms with Gasteiger partial charge in [-0.2, -0.15) is 0 Å². The lowest BCUT2D eigenvalue weighted by molar-refractivity contribution is 0.0652. The normalized spacial score (nSPS) is 10.7. The highest BCUT2D eigenvalue weighted by molar-refractivity contribution is 5.97. The lowest BCUT2D eigenvalue weighted by atomic mass is 10.0. The van der Waals surface area contributed by atoms with Crippen molar-refractivity contribution in [3.63, 3.8) is 0 Å². The number of aromatic hydroxyl groups is 1. The summed E-state index contributed by atoms with van der Waals surface area (Å²) in [6.07, 6.45) is 1.57. The zero-order valence-electron chi connectivity index (χ0n) is 9.57. The Balaban J connectivity index is 2.24. The first-order valence-electron chi connectivity index (χ1n) is 5.44. The van der Waals surface area contributed by atoms with Gasteiger partial charge >= 0.3 is 5.97 Å². The summed E-state index contributed by atoms with van der Waals surface area (Å²) in [7, 11) is 0. The Bertz CT molecular complexity index is 779. The summed E-state index contributed by atoms with van der Waals surface area (Å²) in [5, 5.41) is 22.9. The van der Waals surface area contributed by atoms with Gasteiger partial charge in [0.1, 0.15) is 17.0 Å². The van der Waals surface area contributed by atoms with E-state index in [2.05, 4.69) is 10.1 Å². The summed E-state index contributed by atoms with van der Waals surface area (Å²) in [5.74, 6) is -1.36. The van der Waals surface area contributed by atoms with Gasteiger partial charge < -0.3 is 14.7 Å². The molecule has 2 heterocycles. The third-order valence-corrected chi connectivity index (χ3v) is 2.75. The zero-order chi connectivity index (χ0) is 13.4. The van der Waals surface area contributed by atoms with Crippen LogP contribution in [-0.2, 0) is 0 Å². The van der Waals surface area contributed by atoms with Crippen LogP contribution in [0.4, 0.5) is 0 Å². The summed E-state index contributed by atoms with van der Waals surface area (Å²) in [4.78, 5) is 14.9. The first-order chi connectivity index (χ1) is 9.16. The largest absolute Gasteiger partial charge is 0.506 e. The van der Waals surface area contributed by atoms with E-state index in [1.165, 1.54) is 12.1 Å². The number of nitrogens with zero attached hydrogens (tertiary/aromatic N) is 2. The van der Waals surface area contributed by atoms with Crippen molar-refractivity contribution in [1.29, 1.82) is 0 Å². The number of phenolic OH excluding ortho intramolecular Hbond substituents is 1. The molecule has 0 saturated heterocycles. The highest BCUT2D eigenvalue weighted by Gasteiger charge is 2.15. The molecule has 0 radical (unpaired) electrons. The van der Waals surface area contributed by atoms with Crippen LogP contribution in [0.15, 0.2) is 41.1 Å². The molecule has 3 rings (SSSR count). The van der Waals surface area contributed by atoms with Gasteiger partial charge in [-0.1, -0.05) is 11.2 Å². The van der Waals surface area contributed by atoms with Crippen LogP contribution in [0.25, 0.3) is 22.2 Å². The van der Waals surface area contributed by atoms with Gasteiger partial charge in [0.05, 0.1) is 0 Å². The predicted molar refractivity (Wildman–Crippen MR) is 65.9 cm³/mol. The van der Waals surface area contributed by atoms with Crippen molar-refractivity contribution in [1.82, 2.24) is 10.1 Å². The van der Waals surface area contributed by atoms with Crippen LogP contribution in [-0.4, -0.2) is 26.3 Å². The number of phenols is 1. The minimum atomic E-state index is -1.18. The Hall–Kier alpha value is -2.89. The number of aromatic nitrogens is 2. The monoisotopic (exact) mass is 256 g/mol. The Morgan fingerprint density at radius 3 is 2.84 bits per heavy atom. The molecule has 0 unspecified atom stereocenters. The molecule has 3 aromatic rings. The molecule has 0 bridgehead atoms. The van der Waals surface area contributed by atoms with E-state index in [9.17, 15) is 9.90 Å². The molecule has 0 aliphatic heterocycles. The Kier molecular flexibility index (Phi) is 2.42. The molecule has 0 atom stereocenters. The van der Waals surface area contributed by atoms with Crippen molar-refractivity contribution in [2.24, 2.45) is 0 Å². The second-order valence-corrected chi connectivity index (χ2v) is 3.91. The summed E-state index contributed by atoms with van der Waals surface area (Å²) >= 11 is 0. The molecule has 1 aromatic carbocycles. The molecule has 2 N–H and O–H groups in total. The molecular formula is C13H8N2O4. The maximum absolute atomic E-state index is 10.8. The molecule has 6 heteroatoms. The molecule has 0 aliphatic rings. The van der Waals surface area contributed by atoms with E-state index in [0.717, 1.165) is 0 Å². The van der Waals surface area contributed by atoms with Crippen LogP contribution < -0.4 is 0 Å². The van der Waals surface area contributed by atoms with Crippen molar-refractivity contribution in [2.45, 2.75) is 0 Å². The Morgan fingerprint density at radius 2 is 2.11 bits per heavy atom. The van der Waals surface area contributed by atoms with Gasteiger partial charge in [-0.05, 0) is 18.2 Å². The number of carboxylic acids is 1. The standard InChI is InChI=1S/C13H8N2O4/c16-10-4-3-7(8-2-1-5-14-12(8)10)9-6-11(13(17)18)19-15-9/h1-6,16H,(H,17,18). The molecule has 0 fully saturated rings. The Labute approximate surface area is 106 Å².